The first-order valence-corrected chi connectivity index (χ1v) is 8.30. The minimum atomic E-state index is -4.81. The number of alkyl halides is 3. The number of carbonyl (C=O) groups excluding carboxylic acids is 1. The van der Waals surface area contributed by atoms with Gasteiger partial charge in [0.05, 0.1) is 11.7 Å². The molecule has 1 unspecified atom stereocenters. The van der Waals surface area contributed by atoms with Gasteiger partial charge < -0.3 is 24.9 Å². The molecule has 0 spiro atoms. The summed E-state index contributed by atoms with van der Waals surface area (Å²) in [5, 5.41) is 25.0. The zero-order valence-corrected chi connectivity index (χ0v) is 14.7. The highest BCUT2D eigenvalue weighted by atomic mass is 19.4. The smallest absolute Gasteiger partial charge is 0.426 e. The Morgan fingerprint density at radius 2 is 2.15 bits per heavy atom. The molecule has 1 amide bonds. The molecule has 148 valence electrons. The number of oxime groups is 1. The summed E-state index contributed by atoms with van der Waals surface area (Å²) >= 11 is 0. The third-order valence-corrected chi connectivity index (χ3v) is 3.78. The minimum Gasteiger partial charge on any atom is -0.426 e. The molecular weight excluding hydrogens is 368 g/mol. The van der Waals surface area contributed by atoms with Crippen molar-refractivity contribution in [2.75, 3.05) is 0 Å². The Kier molecular flexibility index (Phi) is 6.71. The van der Waals surface area contributed by atoms with Gasteiger partial charge in [0.15, 0.2) is 0 Å². The summed E-state index contributed by atoms with van der Waals surface area (Å²) in [4.78, 5) is 17.3. The fourth-order valence-corrected chi connectivity index (χ4v) is 2.60. The van der Waals surface area contributed by atoms with Gasteiger partial charge in [-0.15, -0.1) is 13.2 Å². The van der Waals surface area contributed by atoms with Gasteiger partial charge in [-0.25, -0.2) is 0 Å². The molecule has 0 saturated carbocycles. The van der Waals surface area contributed by atoms with E-state index in [1.807, 2.05) is 13.8 Å². The summed E-state index contributed by atoms with van der Waals surface area (Å²) < 4.78 is 40.8. The predicted octanol–water partition coefficient (Wildman–Crippen LogP) is 1.62. The van der Waals surface area contributed by atoms with Crippen molar-refractivity contribution in [2.24, 2.45) is 11.1 Å². The van der Waals surface area contributed by atoms with Crippen LogP contribution in [0.2, 0.25) is 0 Å². The molecule has 0 saturated heterocycles. The lowest BCUT2D eigenvalue weighted by Crippen LogP contribution is -2.50. The first-order valence-electron chi connectivity index (χ1n) is 8.30. The van der Waals surface area contributed by atoms with Crippen molar-refractivity contribution < 1.29 is 37.6 Å². The van der Waals surface area contributed by atoms with Gasteiger partial charge >= 0.3 is 13.5 Å². The maximum atomic E-state index is 12.3. The molecular formula is C16H20BF3N2O5. The number of hydrogen-bond donors (Lipinski definition) is 3. The molecule has 2 rings (SSSR count). The quantitative estimate of drug-likeness (QED) is 0.617. The Morgan fingerprint density at radius 3 is 2.74 bits per heavy atom. The van der Waals surface area contributed by atoms with E-state index < -0.39 is 37.2 Å². The zero-order chi connectivity index (χ0) is 20.2. The Balaban J connectivity index is 1.99. The van der Waals surface area contributed by atoms with E-state index in [1.165, 1.54) is 12.1 Å². The normalized spacial score (nSPS) is 17.9. The van der Waals surface area contributed by atoms with Crippen LogP contribution in [0.25, 0.3) is 0 Å². The molecule has 1 aromatic carbocycles. The van der Waals surface area contributed by atoms with Crippen LogP contribution in [-0.2, 0) is 9.63 Å². The Morgan fingerprint density at radius 1 is 1.44 bits per heavy atom. The van der Waals surface area contributed by atoms with Crippen LogP contribution >= 0.6 is 0 Å². The second kappa shape index (κ2) is 8.62. The van der Waals surface area contributed by atoms with E-state index in [0.29, 0.717) is 12.0 Å². The number of halogens is 3. The number of hydrogen-bond acceptors (Lipinski definition) is 6. The zero-order valence-electron chi connectivity index (χ0n) is 14.7. The molecule has 0 fully saturated rings. The van der Waals surface area contributed by atoms with Gasteiger partial charge in [-0.1, -0.05) is 31.1 Å². The van der Waals surface area contributed by atoms with Crippen LogP contribution in [0.15, 0.2) is 29.4 Å². The van der Waals surface area contributed by atoms with E-state index in [2.05, 4.69) is 15.2 Å². The van der Waals surface area contributed by atoms with Crippen molar-refractivity contribution in [1.29, 1.82) is 0 Å². The SMILES string of the molecule is CC(C)C[C@H](NC(=O)C1CC(c2cccc(OC(F)(F)F)c2)=NO1)B(O)O. The van der Waals surface area contributed by atoms with Gasteiger partial charge in [0.2, 0.25) is 6.10 Å². The third kappa shape index (κ3) is 6.44. The molecule has 2 atom stereocenters. The number of rotatable bonds is 7. The summed E-state index contributed by atoms with van der Waals surface area (Å²) in [5.41, 5.74) is 0.612. The van der Waals surface area contributed by atoms with Crippen LogP contribution in [0.1, 0.15) is 32.3 Å². The molecule has 0 radical (unpaired) electrons. The largest absolute Gasteiger partial charge is 0.573 e. The minimum absolute atomic E-state index is 0.0250. The second-order valence-corrected chi connectivity index (χ2v) is 6.57. The summed E-state index contributed by atoms with van der Waals surface area (Å²) in [7, 11) is -1.73. The highest BCUT2D eigenvalue weighted by Gasteiger charge is 2.34. The Hall–Kier alpha value is -2.27. The van der Waals surface area contributed by atoms with Gasteiger partial charge in [-0.3, -0.25) is 4.79 Å². The lowest BCUT2D eigenvalue weighted by molar-refractivity contribution is -0.274. The molecule has 7 nitrogen and oxygen atoms in total. The average Bonchev–Trinajstić information content (AvgIpc) is 3.02. The molecule has 11 heteroatoms. The molecule has 27 heavy (non-hydrogen) atoms. The highest BCUT2D eigenvalue weighted by Crippen LogP contribution is 2.25. The molecule has 0 bridgehead atoms. The Bertz CT molecular complexity index is 697. The number of nitrogens with zero attached hydrogens (tertiary/aromatic N) is 1. The van der Waals surface area contributed by atoms with Crippen LogP contribution in [0.4, 0.5) is 13.2 Å². The molecule has 1 heterocycles. The van der Waals surface area contributed by atoms with Crippen molar-refractivity contribution >= 4 is 18.7 Å². The molecule has 3 N–H and O–H groups in total. The monoisotopic (exact) mass is 388 g/mol. The van der Waals surface area contributed by atoms with Gasteiger partial charge in [0.25, 0.3) is 5.91 Å². The molecule has 1 aliphatic heterocycles. The first kappa shape index (κ1) is 21.0. The van der Waals surface area contributed by atoms with E-state index in [9.17, 15) is 28.0 Å². The second-order valence-electron chi connectivity index (χ2n) is 6.57. The standard InChI is InChI=1S/C16H20BF3N2O5/c1-9(2)6-14(17(24)25)21-15(23)13-8-12(22-27-13)10-4-3-5-11(7-10)26-16(18,19)20/h3-5,7,9,13-14,24-25H,6,8H2,1-2H3,(H,21,23)/t13?,14-/m0/s1. The molecule has 1 aliphatic rings. The number of ether oxygens (including phenoxy) is 1. The van der Waals surface area contributed by atoms with E-state index in [1.54, 1.807) is 0 Å². The Labute approximate surface area is 154 Å². The number of amides is 1. The van der Waals surface area contributed by atoms with Crippen LogP contribution in [0, 0.1) is 5.92 Å². The molecule has 1 aromatic rings. The van der Waals surface area contributed by atoms with E-state index in [4.69, 9.17) is 4.84 Å². The van der Waals surface area contributed by atoms with Crippen LogP contribution in [-0.4, -0.2) is 47.2 Å². The van der Waals surface area contributed by atoms with Crippen LogP contribution < -0.4 is 10.1 Å². The van der Waals surface area contributed by atoms with Gasteiger partial charge in [-0.05, 0) is 24.5 Å². The third-order valence-electron chi connectivity index (χ3n) is 3.78. The fourth-order valence-electron chi connectivity index (χ4n) is 2.60. The van der Waals surface area contributed by atoms with Crippen molar-refractivity contribution in [1.82, 2.24) is 5.32 Å². The summed E-state index contributed by atoms with van der Waals surface area (Å²) in [6, 6.07) is 5.18. The van der Waals surface area contributed by atoms with E-state index >= 15 is 0 Å². The number of nitrogens with one attached hydrogen (secondary N) is 1. The van der Waals surface area contributed by atoms with E-state index in [0.717, 1.165) is 12.1 Å². The predicted molar refractivity (Wildman–Crippen MR) is 90.7 cm³/mol. The van der Waals surface area contributed by atoms with Gasteiger partial charge in [-0.2, -0.15) is 0 Å². The average molecular weight is 388 g/mol. The lowest BCUT2D eigenvalue weighted by Gasteiger charge is -2.20. The topological polar surface area (TPSA) is 100 Å². The molecule has 0 aliphatic carbocycles. The maximum Gasteiger partial charge on any atom is 0.573 e. The van der Waals surface area contributed by atoms with Crippen molar-refractivity contribution in [3.05, 3.63) is 29.8 Å². The maximum absolute atomic E-state index is 12.3. The first-order chi connectivity index (χ1) is 12.5. The van der Waals surface area contributed by atoms with Gasteiger partial charge in [0.1, 0.15) is 5.75 Å². The van der Waals surface area contributed by atoms with Crippen LogP contribution in [0.5, 0.6) is 5.75 Å². The van der Waals surface area contributed by atoms with Crippen molar-refractivity contribution in [2.45, 2.75) is 45.1 Å². The summed E-state index contributed by atoms with van der Waals surface area (Å²) in [6.45, 7) is 3.73. The van der Waals surface area contributed by atoms with Crippen molar-refractivity contribution in [3.63, 3.8) is 0 Å². The summed E-state index contributed by atoms with van der Waals surface area (Å²) in [6.07, 6.45) is -5.45. The highest BCUT2D eigenvalue weighted by molar-refractivity contribution is 6.43. The molecule has 0 aromatic heterocycles. The van der Waals surface area contributed by atoms with Gasteiger partial charge in [0, 0.05) is 12.0 Å². The summed E-state index contributed by atoms with van der Waals surface area (Å²) in [5.74, 6) is -1.75. The van der Waals surface area contributed by atoms with E-state index in [-0.39, 0.29) is 18.1 Å². The van der Waals surface area contributed by atoms with Crippen molar-refractivity contribution in [3.8, 4) is 5.75 Å². The number of carbonyl (C=O) groups is 1. The fraction of sp³-hybridized carbons (Fsp3) is 0.500. The van der Waals surface area contributed by atoms with Crippen LogP contribution in [0.3, 0.4) is 0 Å². The number of benzene rings is 1. The lowest BCUT2D eigenvalue weighted by atomic mass is 9.75.